The van der Waals surface area contributed by atoms with Crippen LogP contribution in [0.2, 0.25) is 29.7 Å². The molecule has 1 rings (SSSR count). The summed E-state index contributed by atoms with van der Waals surface area (Å²) < 4.78 is 0. The first-order valence-corrected chi connectivity index (χ1v) is 10.7. The van der Waals surface area contributed by atoms with Gasteiger partial charge >= 0.3 is 0 Å². The number of nitrogens with zero attached hydrogens (tertiary/aromatic N) is 1. The fourth-order valence-electron chi connectivity index (χ4n) is 1.14. The number of benzene rings is 1. The lowest BCUT2D eigenvalue weighted by atomic mass is 10.2. The Morgan fingerprint density at radius 3 is 2.58 bits per heavy atom. The van der Waals surface area contributed by atoms with E-state index in [2.05, 4.69) is 35.5 Å². The van der Waals surface area contributed by atoms with Crippen LogP contribution < -0.4 is 10.7 Å². The standard InChI is InChI=1S/C12H17Cl2N3SSi/c1-19(2,3)8-15-12(18)17-16-7-9-4-5-10(13)11(14)6-9/h4-7H,8H2,1-3H3,(H2,15,17,18)/b16-7+. The normalized spacial score (nSPS) is 11.6. The zero-order valence-corrected chi connectivity index (χ0v) is 14.5. The maximum atomic E-state index is 5.91. The molecule has 7 heteroatoms. The number of hydrogen-bond acceptors (Lipinski definition) is 2. The third-order valence-electron chi connectivity index (χ3n) is 2.10. The summed E-state index contributed by atoms with van der Waals surface area (Å²) >= 11 is 16.9. The second-order valence-corrected chi connectivity index (χ2v) is 12.0. The Kier molecular flexibility index (Phi) is 6.26. The lowest BCUT2D eigenvalue weighted by Crippen LogP contribution is -2.43. The molecule has 1 aromatic carbocycles. The van der Waals surface area contributed by atoms with E-state index in [1.807, 2.05) is 6.07 Å². The molecule has 0 radical (unpaired) electrons. The van der Waals surface area contributed by atoms with Gasteiger partial charge in [0.15, 0.2) is 5.11 Å². The molecule has 0 aliphatic rings. The minimum absolute atomic E-state index is 0.505. The molecule has 0 atom stereocenters. The van der Waals surface area contributed by atoms with Crippen molar-refractivity contribution in [3.05, 3.63) is 33.8 Å². The van der Waals surface area contributed by atoms with E-state index in [0.29, 0.717) is 15.2 Å². The summed E-state index contributed by atoms with van der Waals surface area (Å²) in [6.07, 6.45) is 2.56. The number of hydrazone groups is 1. The van der Waals surface area contributed by atoms with Crippen molar-refractivity contribution in [2.45, 2.75) is 19.6 Å². The zero-order chi connectivity index (χ0) is 14.5. The van der Waals surface area contributed by atoms with E-state index in [1.165, 1.54) is 0 Å². The van der Waals surface area contributed by atoms with Crippen LogP contribution in [0.25, 0.3) is 0 Å². The predicted molar refractivity (Wildman–Crippen MR) is 91.1 cm³/mol. The molecular formula is C12H17Cl2N3SSi. The average Bonchev–Trinajstić information content (AvgIpc) is 2.30. The minimum atomic E-state index is -1.16. The molecule has 0 saturated carbocycles. The first-order valence-electron chi connectivity index (χ1n) is 5.80. The highest BCUT2D eigenvalue weighted by Crippen LogP contribution is 2.21. The highest BCUT2D eigenvalue weighted by Gasteiger charge is 2.12. The largest absolute Gasteiger partial charge is 0.364 e. The maximum absolute atomic E-state index is 5.91. The van der Waals surface area contributed by atoms with E-state index < -0.39 is 8.07 Å². The van der Waals surface area contributed by atoms with Crippen LogP contribution in [0, 0.1) is 0 Å². The van der Waals surface area contributed by atoms with Crippen LogP contribution in [0.1, 0.15) is 5.56 Å². The van der Waals surface area contributed by atoms with Gasteiger partial charge in [0.2, 0.25) is 0 Å². The molecule has 0 spiro atoms. The van der Waals surface area contributed by atoms with Gasteiger partial charge < -0.3 is 5.32 Å². The molecular weight excluding hydrogens is 317 g/mol. The smallest absolute Gasteiger partial charge is 0.186 e. The molecule has 0 amide bonds. The summed E-state index contributed by atoms with van der Waals surface area (Å²) in [6, 6.07) is 5.30. The van der Waals surface area contributed by atoms with Crippen LogP contribution in [-0.4, -0.2) is 25.6 Å². The fourth-order valence-corrected chi connectivity index (χ4v) is 2.41. The van der Waals surface area contributed by atoms with Crippen molar-refractivity contribution >= 4 is 54.8 Å². The maximum Gasteiger partial charge on any atom is 0.186 e. The van der Waals surface area contributed by atoms with Crippen molar-refractivity contribution in [1.82, 2.24) is 10.7 Å². The molecule has 0 bridgehead atoms. The van der Waals surface area contributed by atoms with Gasteiger partial charge in [-0.25, -0.2) is 0 Å². The number of hydrogen-bond donors (Lipinski definition) is 2. The Balaban J connectivity index is 2.45. The molecule has 0 heterocycles. The lowest BCUT2D eigenvalue weighted by molar-refractivity contribution is 0.954. The molecule has 104 valence electrons. The number of halogens is 2. The molecule has 0 aliphatic carbocycles. The fraction of sp³-hybridized carbons (Fsp3) is 0.333. The monoisotopic (exact) mass is 333 g/mol. The quantitative estimate of drug-likeness (QED) is 0.382. The van der Waals surface area contributed by atoms with Gasteiger partial charge in [-0.1, -0.05) is 48.9 Å². The van der Waals surface area contributed by atoms with Crippen molar-refractivity contribution < 1.29 is 0 Å². The van der Waals surface area contributed by atoms with Crippen molar-refractivity contribution in [3.8, 4) is 0 Å². The van der Waals surface area contributed by atoms with Crippen LogP contribution in [0.5, 0.6) is 0 Å². The first kappa shape index (κ1) is 16.4. The highest BCUT2D eigenvalue weighted by atomic mass is 35.5. The Hall–Kier alpha value is -0.623. The first-order chi connectivity index (χ1) is 8.78. The summed E-state index contributed by atoms with van der Waals surface area (Å²) in [5.41, 5.74) is 3.63. The molecule has 0 saturated heterocycles. The van der Waals surface area contributed by atoms with Gasteiger partial charge in [-0.15, -0.1) is 0 Å². The third-order valence-corrected chi connectivity index (χ3v) is 4.31. The molecule has 2 N–H and O–H groups in total. The van der Waals surface area contributed by atoms with E-state index >= 15 is 0 Å². The van der Waals surface area contributed by atoms with Crippen LogP contribution in [-0.2, 0) is 0 Å². The predicted octanol–water partition coefficient (Wildman–Crippen LogP) is 3.67. The number of nitrogens with one attached hydrogen (secondary N) is 2. The van der Waals surface area contributed by atoms with Crippen LogP contribution in [0.15, 0.2) is 23.3 Å². The van der Waals surface area contributed by atoms with Crippen LogP contribution in [0.3, 0.4) is 0 Å². The Morgan fingerprint density at radius 2 is 2.00 bits per heavy atom. The number of rotatable bonds is 4. The molecule has 0 fully saturated rings. The highest BCUT2D eigenvalue weighted by molar-refractivity contribution is 7.80. The molecule has 0 unspecified atom stereocenters. The van der Waals surface area contributed by atoms with Crippen molar-refractivity contribution in [2.24, 2.45) is 5.10 Å². The van der Waals surface area contributed by atoms with Crippen LogP contribution in [0.4, 0.5) is 0 Å². The summed E-state index contributed by atoms with van der Waals surface area (Å²) in [7, 11) is -1.16. The van der Waals surface area contributed by atoms with Gasteiger partial charge in [0.25, 0.3) is 0 Å². The molecule has 0 aromatic heterocycles. The number of thiocarbonyl (C=S) groups is 1. The third kappa shape index (κ3) is 6.91. The van der Waals surface area contributed by atoms with Crippen LogP contribution >= 0.6 is 35.4 Å². The topological polar surface area (TPSA) is 36.4 Å². The van der Waals surface area contributed by atoms with Gasteiger partial charge in [-0.2, -0.15) is 5.10 Å². The molecule has 3 nitrogen and oxygen atoms in total. The Morgan fingerprint density at radius 1 is 1.32 bits per heavy atom. The Bertz CT molecular complexity index is 486. The van der Waals surface area contributed by atoms with Gasteiger partial charge in [0, 0.05) is 6.17 Å². The molecule has 1 aromatic rings. The SMILES string of the molecule is C[Si](C)(C)CNC(=S)N/N=C/c1ccc(Cl)c(Cl)c1. The summed E-state index contributed by atoms with van der Waals surface area (Å²) in [5, 5.41) is 8.76. The van der Waals surface area contributed by atoms with E-state index in [9.17, 15) is 0 Å². The minimum Gasteiger partial charge on any atom is -0.364 e. The van der Waals surface area contributed by atoms with Gasteiger partial charge in [0.1, 0.15) is 0 Å². The summed E-state index contributed by atoms with van der Waals surface area (Å²) in [6.45, 7) is 6.80. The van der Waals surface area contributed by atoms with Crippen molar-refractivity contribution in [1.29, 1.82) is 0 Å². The van der Waals surface area contributed by atoms with E-state index in [0.717, 1.165) is 11.7 Å². The summed E-state index contributed by atoms with van der Waals surface area (Å²) in [5.74, 6) is 0. The van der Waals surface area contributed by atoms with E-state index in [1.54, 1.807) is 18.3 Å². The van der Waals surface area contributed by atoms with E-state index in [4.69, 9.17) is 35.4 Å². The van der Waals surface area contributed by atoms with Crippen molar-refractivity contribution in [2.75, 3.05) is 6.17 Å². The van der Waals surface area contributed by atoms with Crippen molar-refractivity contribution in [3.63, 3.8) is 0 Å². The second kappa shape index (κ2) is 7.24. The average molecular weight is 334 g/mol. The molecule has 0 aliphatic heterocycles. The Labute approximate surface area is 130 Å². The second-order valence-electron chi connectivity index (χ2n) is 5.29. The van der Waals surface area contributed by atoms with E-state index in [-0.39, 0.29) is 0 Å². The van der Waals surface area contributed by atoms with Gasteiger partial charge in [-0.3, -0.25) is 5.43 Å². The summed E-state index contributed by atoms with van der Waals surface area (Å²) in [4.78, 5) is 0. The van der Waals surface area contributed by atoms with Gasteiger partial charge in [0.05, 0.1) is 24.3 Å². The van der Waals surface area contributed by atoms with Gasteiger partial charge in [-0.05, 0) is 29.9 Å². The lowest BCUT2D eigenvalue weighted by Gasteiger charge is -2.17. The zero-order valence-electron chi connectivity index (χ0n) is 11.1. The molecule has 19 heavy (non-hydrogen) atoms.